The first-order valence-corrected chi connectivity index (χ1v) is 9.50. The number of amides is 2. The van der Waals surface area contributed by atoms with Gasteiger partial charge in [-0.25, -0.2) is 0 Å². The van der Waals surface area contributed by atoms with Crippen LogP contribution in [0.15, 0.2) is 66.0 Å². The SMILES string of the molecule is CN(Cc1ccccc1C(F)(F)F)C(=O)c1ccccc1NC(=O)c1cccs1. The maximum absolute atomic E-state index is 13.2. The number of benzene rings is 2. The molecular weight excluding hydrogens is 401 g/mol. The highest BCUT2D eigenvalue weighted by Crippen LogP contribution is 2.32. The van der Waals surface area contributed by atoms with Crippen molar-refractivity contribution in [2.45, 2.75) is 12.7 Å². The molecule has 0 saturated carbocycles. The first-order chi connectivity index (χ1) is 13.8. The minimum absolute atomic E-state index is 0.00375. The van der Waals surface area contributed by atoms with Gasteiger partial charge >= 0.3 is 6.18 Å². The molecule has 29 heavy (non-hydrogen) atoms. The van der Waals surface area contributed by atoms with Crippen molar-refractivity contribution in [2.24, 2.45) is 0 Å². The van der Waals surface area contributed by atoms with E-state index in [1.165, 1.54) is 47.5 Å². The molecule has 0 aliphatic carbocycles. The highest BCUT2D eigenvalue weighted by Gasteiger charge is 2.33. The summed E-state index contributed by atoms with van der Waals surface area (Å²) < 4.78 is 39.6. The quantitative estimate of drug-likeness (QED) is 0.612. The molecular formula is C21H17F3N2O2S. The van der Waals surface area contributed by atoms with Crippen molar-refractivity contribution >= 4 is 28.8 Å². The van der Waals surface area contributed by atoms with Crippen LogP contribution in [0.2, 0.25) is 0 Å². The van der Waals surface area contributed by atoms with Crippen molar-refractivity contribution in [1.29, 1.82) is 0 Å². The summed E-state index contributed by atoms with van der Waals surface area (Å²) in [7, 11) is 1.42. The molecule has 0 spiro atoms. The van der Waals surface area contributed by atoms with Crippen LogP contribution in [-0.2, 0) is 12.7 Å². The molecule has 0 radical (unpaired) electrons. The molecule has 0 saturated heterocycles. The monoisotopic (exact) mass is 418 g/mol. The number of para-hydroxylation sites is 1. The van der Waals surface area contributed by atoms with Crippen LogP contribution in [0.3, 0.4) is 0 Å². The van der Waals surface area contributed by atoms with Crippen LogP contribution in [0.25, 0.3) is 0 Å². The summed E-state index contributed by atoms with van der Waals surface area (Å²) in [5.74, 6) is -0.852. The number of nitrogens with zero attached hydrogens (tertiary/aromatic N) is 1. The lowest BCUT2D eigenvalue weighted by Crippen LogP contribution is -2.28. The molecule has 0 atom stereocenters. The lowest BCUT2D eigenvalue weighted by atomic mass is 10.1. The summed E-state index contributed by atoms with van der Waals surface area (Å²) in [4.78, 5) is 26.9. The van der Waals surface area contributed by atoms with Crippen LogP contribution in [0.4, 0.5) is 18.9 Å². The summed E-state index contributed by atoms with van der Waals surface area (Å²) in [5.41, 5.74) is -0.286. The van der Waals surface area contributed by atoms with Gasteiger partial charge in [-0.05, 0) is 35.2 Å². The van der Waals surface area contributed by atoms with Crippen molar-refractivity contribution in [3.8, 4) is 0 Å². The highest BCUT2D eigenvalue weighted by molar-refractivity contribution is 7.12. The predicted octanol–water partition coefficient (Wildman–Crippen LogP) is 5.29. The fourth-order valence-corrected chi connectivity index (χ4v) is 3.46. The average molecular weight is 418 g/mol. The van der Waals surface area contributed by atoms with Gasteiger partial charge in [0, 0.05) is 13.6 Å². The summed E-state index contributed by atoms with van der Waals surface area (Å²) in [6.07, 6.45) is -4.51. The Morgan fingerprint density at radius 2 is 1.69 bits per heavy atom. The number of anilines is 1. The molecule has 8 heteroatoms. The van der Waals surface area contributed by atoms with E-state index in [1.807, 2.05) is 0 Å². The predicted molar refractivity (Wildman–Crippen MR) is 106 cm³/mol. The zero-order valence-electron chi connectivity index (χ0n) is 15.4. The van der Waals surface area contributed by atoms with Crippen molar-refractivity contribution in [3.05, 3.63) is 87.6 Å². The molecule has 150 valence electrons. The first kappa shape index (κ1) is 20.6. The number of alkyl halides is 3. The summed E-state index contributed by atoms with van der Waals surface area (Å²) in [5, 5.41) is 4.45. The molecule has 3 rings (SSSR count). The molecule has 0 bridgehead atoms. The third kappa shape index (κ3) is 4.83. The summed E-state index contributed by atoms with van der Waals surface area (Å²) in [6, 6.07) is 14.9. The third-order valence-corrected chi connectivity index (χ3v) is 5.10. The highest BCUT2D eigenvalue weighted by atomic mass is 32.1. The molecule has 1 N–H and O–H groups in total. The van der Waals surface area contributed by atoms with E-state index in [0.29, 0.717) is 10.6 Å². The van der Waals surface area contributed by atoms with Gasteiger partial charge in [0.15, 0.2) is 0 Å². The molecule has 1 heterocycles. The molecule has 4 nitrogen and oxygen atoms in total. The number of nitrogens with one attached hydrogen (secondary N) is 1. The Kier molecular flexibility index (Phi) is 6.03. The fourth-order valence-electron chi connectivity index (χ4n) is 2.84. The Morgan fingerprint density at radius 1 is 1.00 bits per heavy atom. The minimum atomic E-state index is -4.51. The van der Waals surface area contributed by atoms with Crippen LogP contribution in [0.5, 0.6) is 0 Å². The van der Waals surface area contributed by atoms with Gasteiger partial charge < -0.3 is 10.2 Å². The topological polar surface area (TPSA) is 49.4 Å². The van der Waals surface area contributed by atoms with Gasteiger partial charge in [-0.15, -0.1) is 11.3 Å². The van der Waals surface area contributed by atoms with Crippen molar-refractivity contribution in [1.82, 2.24) is 4.90 Å². The lowest BCUT2D eigenvalue weighted by Gasteiger charge is -2.21. The Bertz CT molecular complexity index is 1020. The first-order valence-electron chi connectivity index (χ1n) is 8.62. The Hall–Kier alpha value is -3.13. The van der Waals surface area contributed by atoms with E-state index >= 15 is 0 Å². The van der Waals surface area contributed by atoms with Gasteiger partial charge in [0.1, 0.15) is 0 Å². The maximum Gasteiger partial charge on any atom is 0.416 e. The molecule has 3 aromatic rings. The molecule has 0 unspecified atom stereocenters. The minimum Gasteiger partial charge on any atom is -0.337 e. The lowest BCUT2D eigenvalue weighted by molar-refractivity contribution is -0.138. The smallest absolute Gasteiger partial charge is 0.337 e. The second-order valence-electron chi connectivity index (χ2n) is 6.29. The number of hydrogen-bond acceptors (Lipinski definition) is 3. The van der Waals surface area contributed by atoms with Crippen molar-refractivity contribution in [3.63, 3.8) is 0 Å². The molecule has 0 fully saturated rings. The molecule has 0 aliphatic rings. The second kappa shape index (κ2) is 8.48. The van der Waals surface area contributed by atoms with E-state index < -0.39 is 17.6 Å². The summed E-state index contributed by atoms with van der Waals surface area (Å²) in [6.45, 7) is -0.221. The fraction of sp³-hybridized carbons (Fsp3) is 0.143. The van der Waals surface area contributed by atoms with Crippen LogP contribution in [-0.4, -0.2) is 23.8 Å². The van der Waals surface area contributed by atoms with E-state index in [2.05, 4.69) is 5.32 Å². The Labute approximate surface area is 169 Å². The largest absolute Gasteiger partial charge is 0.416 e. The van der Waals surface area contributed by atoms with Gasteiger partial charge in [0.2, 0.25) is 0 Å². The average Bonchev–Trinajstić information content (AvgIpc) is 3.22. The molecule has 2 amide bonds. The van der Waals surface area contributed by atoms with E-state index in [1.54, 1.807) is 35.7 Å². The number of hydrogen-bond donors (Lipinski definition) is 1. The third-order valence-electron chi connectivity index (χ3n) is 4.23. The van der Waals surface area contributed by atoms with E-state index in [-0.39, 0.29) is 23.6 Å². The maximum atomic E-state index is 13.2. The van der Waals surface area contributed by atoms with Gasteiger partial charge in [0.25, 0.3) is 11.8 Å². The second-order valence-corrected chi connectivity index (χ2v) is 7.24. The van der Waals surface area contributed by atoms with Gasteiger partial charge in [-0.3, -0.25) is 9.59 Å². The molecule has 2 aromatic carbocycles. The van der Waals surface area contributed by atoms with Crippen LogP contribution in [0.1, 0.15) is 31.2 Å². The van der Waals surface area contributed by atoms with Crippen molar-refractivity contribution < 1.29 is 22.8 Å². The number of halogens is 3. The van der Waals surface area contributed by atoms with E-state index in [9.17, 15) is 22.8 Å². The van der Waals surface area contributed by atoms with Gasteiger partial charge in [0.05, 0.1) is 21.7 Å². The Balaban J connectivity index is 1.82. The van der Waals surface area contributed by atoms with Crippen LogP contribution in [0, 0.1) is 0 Å². The number of rotatable bonds is 5. The zero-order valence-corrected chi connectivity index (χ0v) is 16.2. The standard InChI is InChI=1S/C21H17F3N2O2S/c1-26(13-14-7-2-4-9-16(14)21(22,23)24)20(28)15-8-3-5-10-17(15)25-19(27)18-11-6-12-29-18/h2-12H,13H2,1H3,(H,25,27). The van der Waals surface area contributed by atoms with Crippen molar-refractivity contribution in [2.75, 3.05) is 12.4 Å². The zero-order chi connectivity index (χ0) is 21.0. The summed E-state index contributed by atoms with van der Waals surface area (Å²) >= 11 is 1.26. The number of carbonyl (C=O) groups excluding carboxylic acids is 2. The van der Waals surface area contributed by atoms with E-state index in [4.69, 9.17) is 0 Å². The van der Waals surface area contributed by atoms with E-state index in [0.717, 1.165) is 6.07 Å². The number of carbonyl (C=O) groups is 2. The van der Waals surface area contributed by atoms with Crippen LogP contribution >= 0.6 is 11.3 Å². The van der Waals surface area contributed by atoms with Crippen LogP contribution < -0.4 is 5.32 Å². The Morgan fingerprint density at radius 3 is 2.38 bits per heavy atom. The molecule has 0 aliphatic heterocycles. The normalized spacial score (nSPS) is 11.2. The molecule has 1 aromatic heterocycles. The van der Waals surface area contributed by atoms with Gasteiger partial charge in [-0.1, -0.05) is 36.4 Å². The number of thiophene rings is 1. The van der Waals surface area contributed by atoms with Gasteiger partial charge in [-0.2, -0.15) is 13.2 Å².